The van der Waals surface area contributed by atoms with E-state index in [4.69, 9.17) is 16.3 Å². The third kappa shape index (κ3) is 2.99. The summed E-state index contributed by atoms with van der Waals surface area (Å²) in [7, 11) is 1.97. The van der Waals surface area contributed by atoms with Crippen molar-refractivity contribution in [3.8, 4) is 5.75 Å². The molecule has 0 aromatic carbocycles. The summed E-state index contributed by atoms with van der Waals surface area (Å²) in [4.78, 5) is 6.33. The minimum Gasteiger partial charge on any atom is -0.490 e. The summed E-state index contributed by atoms with van der Waals surface area (Å²) in [6.45, 7) is 4.65. The number of anilines is 1. The number of pyridine rings is 1. The van der Waals surface area contributed by atoms with Crippen molar-refractivity contribution >= 4 is 17.4 Å². The summed E-state index contributed by atoms with van der Waals surface area (Å²) in [6, 6.07) is 4.03. The Morgan fingerprint density at radius 2 is 2.33 bits per heavy atom. The van der Waals surface area contributed by atoms with E-state index in [9.17, 15) is 0 Å². The molecule has 0 radical (unpaired) electrons. The number of ether oxygens (including phenoxy) is 1. The van der Waals surface area contributed by atoms with E-state index in [0.29, 0.717) is 12.5 Å². The van der Waals surface area contributed by atoms with E-state index in [1.165, 1.54) is 0 Å². The van der Waals surface area contributed by atoms with E-state index in [1.54, 1.807) is 6.20 Å². The van der Waals surface area contributed by atoms with Crippen LogP contribution in [-0.2, 0) is 0 Å². The van der Waals surface area contributed by atoms with Crippen molar-refractivity contribution in [3.63, 3.8) is 0 Å². The van der Waals surface area contributed by atoms with E-state index in [-0.39, 0.29) is 6.04 Å². The Bertz CT molecular complexity index is 306. The van der Waals surface area contributed by atoms with Gasteiger partial charge in [0.1, 0.15) is 0 Å². The number of hydrogen-bond donors (Lipinski definition) is 0. The number of alkyl halides is 1. The molecule has 0 saturated carbocycles. The van der Waals surface area contributed by atoms with Gasteiger partial charge in [-0.05, 0) is 26.0 Å². The fraction of sp³-hybridized carbons (Fsp3) is 0.545. The van der Waals surface area contributed by atoms with Crippen molar-refractivity contribution in [1.82, 2.24) is 4.98 Å². The molecule has 0 aliphatic rings. The molecular weight excluding hydrogens is 212 g/mol. The second-order valence-corrected chi connectivity index (χ2v) is 3.68. The molecule has 84 valence electrons. The van der Waals surface area contributed by atoms with Crippen LogP contribution in [0.5, 0.6) is 5.75 Å². The second kappa shape index (κ2) is 5.81. The Morgan fingerprint density at radius 1 is 1.60 bits per heavy atom. The van der Waals surface area contributed by atoms with E-state index in [2.05, 4.69) is 11.9 Å². The lowest BCUT2D eigenvalue weighted by atomic mass is 10.3. The van der Waals surface area contributed by atoms with Crippen LogP contribution >= 0.6 is 11.6 Å². The number of hydrogen-bond acceptors (Lipinski definition) is 3. The molecule has 0 saturated heterocycles. The molecule has 1 rings (SSSR count). The lowest BCUT2D eigenvalue weighted by Crippen LogP contribution is -2.31. The van der Waals surface area contributed by atoms with E-state index < -0.39 is 0 Å². The smallest absolute Gasteiger partial charge is 0.171 e. The monoisotopic (exact) mass is 228 g/mol. The lowest BCUT2D eigenvalue weighted by Gasteiger charge is -2.25. The SMILES string of the molecule is CCOc1cccnc1N(C)C(C)CCl. The number of aromatic nitrogens is 1. The molecule has 0 amide bonds. The van der Waals surface area contributed by atoms with Gasteiger partial charge in [-0.3, -0.25) is 0 Å². The summed E-state index contributed by atoms with van der Waals surface area (Å²) in [5, 5.41) is 0. The molecule has 0 spiro atoms. The van der Waals surface area contributed by atoms with Crippen molar-refractivity contribution in [1.29, 1.82) is 0 Å². The predicted octanol–water partition coefficient (Wildman–Crippen LogP) is 2.54. The third-order valence-electron chi connectivity index (χ3n) is 2.27. The van der Waals surface area contributed by atoms with E-state index >= 15 is 0 Å². The zero-order valence-corrected chi connectivity index (χ0v) is 10.2. The van der Waals surface area contributed by atoms with Crippen LogP contribution in [0.2, 0.25) is 0 Å². The standard InChI is InChI=1S/C11H17ClN2O/c1-4-15-10-6-5-7-13-11(10)14(3)9(2)8-12/h5-7,9H,4,8H2,1-3H3. The van der Waals surface area contributed by atoms with Gasteiger partial charge in [0.25, 0.3) is 0 Å². The predicted molar refractivity (Wildman–Crippen MR) is 64.0 cm³/mol. The minimum atomic E-state index is 0.237. The summed E-state index contributed by atoms with van der Waals surface area (Å²) < 4.78 is 5.51. The van der Waals surface area contributed by atoms with Crippen LogP contribution < -0.4 is 9.64 Å². The van der Waals surface area contributed by atoms with Gasteiger partial charge >= 0.3 is 0 Å². The lowest BCUT2D eigenvalue weighted by molar-refractivity contribution is 0.339. The Kier molecular flexibility index (Phi) is 4.69. The Labute approximate surface area is 96.0 Å². The van der Waals surface area contributed by atoms with Crippen molar-refractivity contribution < 1.29 is 4.74 Å². The average Bonchev–Trinajstić information content (AvgIpc) is 2.28. The number of halogens is 1. The van der Waals surface area contributed by atoms with Gasteiger partial charge in [-0.2, -0.15) is 0 Å². The van der Waals surface area contributed by atoms with Crippen LogP contribution in [0.1, 0.15) is 13.8 Å². The highest BCUT2D eigenvalue weighted by Gasteiger charge is 2.14. The highest BCUT2D eigenvalue weighted by atomic mass is 35.5. The topological polar surface area (TPSA) is 25.4 Å². The molecule has 1 aromatic heterocycles. The van der Waals surface area contributed by atoms with Crippen LogP contribution in [0.3, 0.4) is 0 Å². The maximum atomic E-state index is 5.82. The Morgan fingerprint density at radius 3 is 2.93 bits per heavy atom. The highest BCUT2D eigenvalue weighted by molar-refractivity contribution is 6.18. The molecule has 1 aromatic rings. The quantitative estimate of drug-likeness (QED) is 0.725. The maximum absolute atomic E-state index is 5.82. The van der Waals surface area contributed by atoms with Crippen molar-refractivity contribution in [2.75, 3.05) is 24.4 Å². The van der Waals surface area contributed by atoms with Crippen LogP contribution in [0.15, 0.2) is 18.3 Å². The molecule has 4 heteroatoms. The summed E-state index contributed by atoms with van der Waals surface area (Å²) in [6.07, 6.45) is 1.76. The molecule has 0 bridgehead atoms. The van der Waals surface area contributed by atoms with Gasteiger partial charge in [0, 0.05) is 25.2 Å². The molecular formula is C11H17ClN2O. The first-order valence-electron chi connectivity index (χ1n) is 5.07. The van der Waals surface area contributed by atoms with E-state index in [1.807, 2.05) is 31.0 Å². The van der Waals surface area contributed by atoms with Crippen LogP contribution in [0.25, 0.3) is 0 Å². The third-order valence-corrected chi connectivity index (χ3v) is 2.72. The normalized spacial score (nSPS) is 12.3. The number of rotatable bonds is 5. The molecule has 1 unspecified atom stereocenters. The molecule has 0 aliphatic heterocycles. The fourth-order valence-corrected chi connectivity index (χ4v) is 1.43. The van der Waals surface area contributed by atoms with Crippen LogP contribution in [0.4, 0.5) is 5.82 Å². The van der Waals surface area contributed by atoms with Crippen LogP contribution in [-0.4, -0.2) is 30.6 Å². The minimum absolute atomic E-state index is 0.237. The molecule has 1 atom stereocenters. The van der Waals surface area contributed by atoms with Crippen molar-refractivity contribution in [2.45, 2.75) is 19.9 Å². The van der Waals surface area contributed by atoms with Gasteiger partial charge in [0.2, 0.25) is 0 Å². The molecule has 15 heavy (non-hydrogen) atoms. The molecule has 0 N–H and O–H groups in total. The number of nitrogens with zero attached hydrogens (tertiary/aromatic N) is 2. The first-order chi connectivity index (χ1) is 7.20. The first-order valence-corrected chi connectivity index (χ1v) is 5.60. The second-order valence-electron chi connectivity index (χ2n) is 3.37. The summed E-state index contributed by atoms with van der Waals surface area (Å²) in [5.74, 6) is 2.21. The summed E-state index contributed by atoms with van der Waals surface area (Å²) >= 11 is 5.82. The largest absolute Gasteiger partial charge is 0.490 e. The zero-order valence-electron chi connectivity index (χ0n) is 9.40. The zero-order chi connectivity index (χ0) is 11.3. The molecule has 0 aliphatic carbocycles. The fourth-order valence-electron chi connectivity index (χ4n) is 1.23. The van der Waals surface area contributed by atoms with Crippen molar-refractivity contribution in [3.05, 3.63) is 18.3 Å². The molecule has 0 fully saturated rings. The van der Waals surface area contributed by atoms with Gasteiger partial charge in [-0.1, -0.05) is 0 Å². The van der Waals surface area contributed by atoms with Gasteiger partial charge in [0.15, 0.2) is 11.6 Å². The van der Waals surface area contributed by atoms with Gasteiger partial charge in [-0.25, -0.2) is 4.98 Å². The van der Waals surface area contributed by atoms with Crippen LogP contribution in [0, 0.1) is 0 Å². The molecule has 3 nitrogen and oxygen atoms in total. The van der Waals surface area contributed by atoms with Gasteiger partial charge in [-0.15, -0.1) is 11.6 Å². The van der Waals surface area contributed by atoms with E-state index in [0.717, 1.165) is 11.6 Å². The maximum Gasteiger partial charge on any atom is 0.171 e. The Hall–Kier alpha value is -0.960. The molecule has 1 heterocycles. The van der Waals surface area contributed by atoms with Gasteiger partial charge in [0.05, 0.1) is 6.61 Å². The average molecular weight is 229 g/mol. The van der Waals surface area contributed by atoms with Crippen molar-refractivity contribution in [2.24, 2.45) is 0 Å². The highest BCUT2D eigenvalue weighted by Crippen LogP contribution is 2.25. The van der Waals surface area contributed by atoms with Gasteiger partial charge < -0.3 is 9.64 Å². The Balaban J connectivity index is 2.91. The first kappa shape index (κ1) is 12.1. The summed E-state index contributed by atoms with van der Waals surface area (Å²) in [5.41, 5.74) is 0.